The van der Waals surface area contributed by atoms with E-state index in [1.165, 1.54) is 0 Å². The van der Waals surface area contributed by atoms with E-state index in [0.717, 1.165) is 39.2 Å². The lowest BCUT2D eigenvalue weighted by molar-refractivity contribution is 1.03. The van der Waals surface area contributed by atoms with Gasteiger partial charge >= 0.3 is 0 Å². The van der Waals surface area contributed by atoms with E-state index in [1.54, 1.807) is 0 Å². The summed E-state index contributed by atoms with van der Waals surface area (Å²) in [4.78, 5) is 0. The van der Waals surface area contributed by atoms with Crippen molar-refractivity contribution in [1.29, 1.82) is 0 Å². The zero-order chi connectivity index (χ0) is 18.0. The van der Waals surface area contributed by atoms with Crippen LogP contribution in [-0.2, 0) is 0 Å². The largest absolute Gasteiger partial charge is 0.375 e. The van der Waals surface area contributed by atoms with Crippen LogP contribution in [-0.4, -0.2) is 21.6 Å². The predicted molar refractivity (Wildman–Crippen MR) is 110 cm³/mol. The first kappa shape index (κ1) is 17.0. The minimum Gasteiger partial charge on any atom is -0.375 e. The van der Waals surface area contributed by atoms with Crippen LogP contribution >= 0.6 is 24.4 Å². The third-order valence-electron chi connectivity index (χ3n) is 3.78. The second kappa shape index (κ2) is 6.96. The molecule has 0 aromatic heterocycles. The van der Waals surface area contributed by atoms with Gasteiger partial charge in [-0.25, -0.2) is 0 Å². The summed E-state index contributed by atoms with van der Waals surface area (Å²) in [5, 5.41) is 8.80. The van der Waals surface area contributed by atoms with E-state index < -0.39 is 0 Å². The van der Waals surface area contributed by atoms with Gasteiger partial charge in [-0.3, -0.25) is 10.9 Å². The van der Waals surface area contributed by atoms with Crippen molar-refractivity contribution in [3.63, 3.8) is 0 Å². The van der Waals surface area contributed by atoms with Crippen molar-refractivity contribution in [2.75, 3.05) is 0 Å². The van der Waals surface area contributed by atoms with E-state index in [0.29, 0.717) is 0 Å². The average Bonchev–Trinajstić information content (AvgIpc) is 2.91. The molecule has 0 amide bonds. The Hall–Kier alpha value is -2.84. The molecule has 6 nitrogen and oxygen atoms in total. The van der Waals surface area contributed by atoms with Gasteiger partial charge in [0.2, 0.25) is 0 Å². The summed E-state index contributed by atoms with van der Waals surface area (Å²) in [5.41, 5.74) is 22.9. The van der Waals surface area contributed by atoms with Crippen LogP contribution in [0.2, 0.25) is 0 Å². The lowest BCUT2D eigenvalue weighted by Crippen LogP contribution is -2.25. The molecule has 1 aliphatic carbocycles. The Morgan fingerprint density at radius 2 is 1.52 bits per heavy atom. The van der Waals surface area contributed by atoms with Crippen LogP contribution in [0.25, 0.3) is 11.1 Å². The zero-order valence-corrected chi connectivity index (χ0v) is 15.0. The van der Waals surface area contributed by atoms with E-state index >= 15 is 0 Å². The van der Waals surface area contributed by atoms with Gasteiger partial charge in [0.15, 0.2) is 10.2 Å². The van der Waals surface area contributed by atoms with Gasteiger partial charge < -0.3 is 11.5 Å². The maximum Gasteiger partial charge on any atom is 0.184 e. The monoisotopic (exact) mass is 368 g/mol. The second-order valence-corrected chi connectivity index (χ2v) is 6.30. The fourth-order valence-electron chi connectivity index (χ4n) is 2.70. The minimum atomic E-state index is 0.119. The molecule has 1 aliphatic rings. The molecule has 25 heavy (non-hydrogen) atoms. The second-order valence-electron chi connectivity index (χ2n) is 5.42. The fourth-order valence-corrected chi connectivity index (χ4v) is 2.80. The molecule has 0 unspecified atom stereocenters. The number of nitrogens with one attached hydrogen (secondary N) is 2. The van der Waals surface area contributed by atoms with E-state index in [4.69, 9.17) is 35.9 Å². The molecule has 0 fully saturated rings. The number of fused-ring (bicyclic) bond motifs is 3. The molecular formula is C17H16N6S2. The Morgan fingerprint density at radius 3 is 2.20 bits per heavy atom. The lowest BCUT2D eigenvalue weighted by atomic mass is 10.0. The number of rotatable bonds is 3. The number of thiocarbonyl (C=S) groups is 2. The summed E-state index contributed by atoms with van der Waals surface area (Å²) in [7, 11) is 0. The zero-order valence-electron chi connectivity index (χ0n) is 13.4. The van der Waals surface area contributed by atoms with Crippen molar-refractivity contribution in [1.82, 2.24) is 10.9 Å². The molecule has 0 heterocycles. The molecule has 0 saturated carbocycles. The van der Waals surface area contributed by atoms with Gasteiger partial charge in [-0.05, 0) is 54.1 Å². The van der Waals surface area contributed by atoms with E-state index in [9.17, 15) is 0 Å². The molecule has 8 heteroatoms. The Balaban J connectivity index is 2.09. The first-order valence-electron chi connectivity index (χ1n) is 7.45. The molecule has 0 spiro atoms. The third-order valence-corrected chi connectivity index (χ3v) is 3.96. The van der Waals surface area contributed by atoms with Gasteiger partial charge in [-0.2, -0.15) is 10.2 Å². The van der Waals surface area contributed by atoms with Crippen molar-refractivity contribution < 1.29 is 0 Å². The molecule has 126 valence electrons. The number of hydrogen-bond acceptors (Lipinski definition) is 4. The SMILES string of the molecule is C/C(=N\NC(N)=S)c1ccc2c(c1)/C(=N\NC(N)=S)c1ccccc1-2. The smallest absolute Gasteiger partial charge is 0.184 e. The van der Waals surface area contributed by atoms with Crippen molar-refractivity contribution >= 4 is 46.1 Å². The van der Waals surface area contributed by atoms with Gasteiger partial charge in [0.25, 0.3) is 0 Å². The summed E-state index contributed by atoms with van der Waals surface area (Å²) in [5.74, 6) is 0. The summed E-state index contributed by atoms with van der Waals surface area (Å²) < 4.78 is 0. The van der Waals surface area contributed by atoms with Crippen LogP contribution in [0.5, 0.6) is 0 Å². The highest BCUT2D eigenvalue weighted by molar-refractivity contribution is 7.80. The highest BCUT2D eigenvalue weighted by Crippen LogP contribution is 2.37. The molecular weight excluding hydrogens is 352 g/mol. The number of benzene rings is 2. The first-order chi connectivity index (χ1) is 12.0. The van der Waals surface area contributed by atoms with Crippen LogP contribution in [0.15, 0.2) is 52.7 Å². The molecule has 0 saturated heterocycles. The molecule has 3 rings (SSSR count). The standard InChI is InChI=1S/C17H16N6S2/c1-9(20-22-16(18)24)10-6-7-12-11-4-2-3-5-13(11)15(14(12)8-10)21-23-17(19)25/h2-8H,1H3,(H3,18,22,24)(H3,19,23,25)/b20-9+,21-15-. The summed E-state index contributed by atoms with van der Waals surface area (Å²) in [6, 6.07) is 14.1. The van der Waals surface area contributed by atoms with Crippen molar-refractivity contribution in [2.45, 2.75) is 6.92 Å². The molecule has 2 aromatic carbocycles. The molecule has 6 N–H and O–H groups in total. The highest BCUT2D eigenvalue weighted by atomic mass is 32.1. The van der Waals surface area contributed by atoms with Crippen molar-refractivity contribution in [2.24, 2.45) is 21.7 Å². The van der Waals surface area contributed by atoms with Crippen molar-refractivity contribution in [3.05, 3.63) is 59.2 Å². The number of nitrogens with zero attached hydrogens (tertiary/aromatic N) is 2. The maximum absolute atomic E-state index is 5.52. The van der Waals surface area contributed by atoms with Gasteiger partial charge in [-0.15, -0.1) is 0 Å². The Kier molecular flexibility index (Phi) is 4.73. The molecule has 0 bridgehead atoms. The quantitative estimate of drug-likeness (QED) is 0.320. The maximum atomic E-state index is 5.52. The Bertz CT molecular complexity index is 932. The highest BCUT2D eigenvalue weighted by Gasteiger charge is 2.25. The van der Waals surface area contributed by atoms with Crippen LogP contribution in [0.1, 0.15) is 23.6 Å². The van der Waals surface area contributed by atoms with Gasteiger partial charge in [-0.1, -0.05) is 36.4 Å². The number of nitrogens with two attached hydrogens (primary N) is 2. The van der Waals surface area contributed by atoms with E-state index in [-0.39, 0.29) is 10.2 Å². The Labute approximate surface area is 156 Å². The first-order valence-corrected chi connectivity index (χ1v) is 8.26. The summed E-state index contributed by atoms with van der Waals surface area (Å²) in [6.07, 6.45) is 0. The Morgan fingerprint density at radius 1 is 0.880 bits per heavy atom. The topological polar surface area (TPSA) is 101 Å². The summed E-state index contributed by atoms with van der Waals surface area (Å²) in [6.45, 7) is 1.87. The molecule has 0 aliphatic heterocycles. The van der Waals surface area contributed by atoms with Crippen molar-refractivity contribution in [3.8, 4) is 11.1 Å². The van der Waals surface area contributed by atoms with E-state index in [2.05, 4.69) is 27.1 Å². The van der Waals surface area contributed by atoms with Gasteiger partial charge in [0.1, 0.15) is 0 Å². The van der Waals surface area contributed by atoms with E-state index in [1.807, 2.05) is 43.3 Å². The van der Waals surface area contributed by atoms with Crippen LogP contribution in [0.3, 0.4) is 0 Å². The van der Waals surface area contributed by atoms with Gasteiger partial charge in [0, 0.05) is 11.1 Å². The average molecular weight is 368 g/mol. The molecule has 0 radical (unpaired) electrons. The fraction of sp³-hybridized carbons (Fsp3) is 0.0588. The third kappa shape index (κ3) is 3.49. The van der Waals surface area contributed by atoms with Crippen LogP contribution in [0.4, 0.5) is 0 Å². The summed E-state index contributed by atoms with van der Waals surface area (Å²) >= 11 is 9.64. The van der Waals surface area contributed by atoms with Gasteiger partial charge in [0.05, 0.1) is 11.4 Å². The predicted octanol–water partition coefficient (Wildman–Crippen LogP) is 1.81. The van der Waals surface area contributed by atoms with Crippen LogP contribution in [0, 0.1) is 0 Å². The normalized spacial score (nSPS) is 14.0. The molecule has 0 atom stereocenters. The lowest BCUT2D eigenvalue weighted by Gasteiger charge is -2.07. The molecule has 2 aromatic rings. The number of hydrazone groups is 2. The number of hydrogen-bond donors (Lipinski definition) is 4. The minimum absolute atomic E-state index is 0.119. The van der Waals surface area contributed by atoms with Crippen LogP contribution < -0.4 is 22.3 Å².